The highest BCUT2D eigenvalue weighted by Gasteiger charge is 2.21. The standard InChI is InChI=1S/C27H45N7O9/c1-43-30-27(42)22(28)14-20-2-4-21(5-3-20)15-29-23(35)16-31-6-8-32(17-24(36)37)10-12-34(19-26(40)41)13-11-33(9-7-31)18-25(38)39/h2-5,22,27,30,42H,6-19,28H2,1H3,(H,29,35)(H,36,37)(H,38,39)(H,40,41). The van der Waals surface area contributed by atoms with Crippen LogP contribution >= 0.6 is 0 Å². The molecule has 1 fully saturated rings. The van der Waals surface area contributed by atoms with Gasteiger partial charge in [-0.05, 0) is 17.5 Å². The Morgan fingerprint density at radius 3 is 1.49 bits per heavy atom. The number of hydroxylamine groups is 1. The number of aliphatic carboxylic acids is 3. The van der Waals surface area contributed by atoms with Crippen LogP contribution in [0.4, 0.5) is 0 Å². The zero-order chi connectivity index (χ0) is 31.8. The van der Waals surface area contributed by atoms with E-state index in [4.69, 9.17) is 5.73 Å². The van der Waals surface area contributed by atoms with E-state index in [2.05, 4.69) is 15.6 Å². The van der Waals surface area contributed by atoms with Crippen molar-refractivity contribution in [3.63, 3.8) is 0 Å². The number of aliphatic hydroxyl groups is 1. The number of benzene rings is 1. The molecule has 1 heterocycles. The summed E-state index contributed by atoms with van der Waals surface area (Å²) in [5, 5.41) is 40.7. The number of hydrogen-bond donors (Lipinski definition) is 7. The van der Waals surface area contributed by atoms with E-state index in [0.717, 1.165) is 11.1 Å². The minimum atomic E-state index is -1.02. The van der Waals surface area contributed by atoms with Crippen LogP contribution in [0.25, 0.3) is 0 Å². The summed E-state index contributed by atoms with van der Waals surface area (Å²) < 4.78 is 0. The molecule has 1 aromatic rings. The van der Waals surface area contributed by atoms with Crippen LogP contribution in [0.5, 0.6) is 0 Å². The van der Waals surface area contributed by atoms with Gasteiger partial charge in [0.25, 0.3) is 0 Å². The van der Waals surface area contributed by atoms with Gasteiger partial charge < -0.3 is 36.3 Å². The highest BCUT2D eigenvalue weighted by molar-refractivity contribution is 5.78. The highest BCUT2D eigenvalue weighted by Crippen LogP contribution is 2.08. The summed E-state index contributed by atoms with van der Waals surface area (Å²) in [5.41, 5.74) is 10.1. The summed E-state index contributed by atoms with van der Waals surface area (Å²) in [6.45, 7) is 2.22. The lowest BCUT2D eigenvalue weighted by atomic mass is 10.0. The zero-order valence-corrected chi connectivity index (χ0v) is 24.6. The molecule has 8 N–H and O–H groups in total. The van der Waals surface area contributed by atoms with Crippen LogP contribution < -0.4 is 16.5 Å². The smallest absolute Gasteiger partial charge is 0.317 e. The Bertz CT molecular complexity index is 999. The second kappa shape index (κ2) is 19.1. The summed E-state index contributed by atoms with van der Waals surface area (Å²) in [4.78, 5) is 58.7. The van der Waals surface area contributed by atoms with Crippen molar-refractivity contribution in [2.75, 3.05) is 85.6 Å². The van der Waals surface area contributed by atoms with E-state index in [1.165, 1.54) is 7.11 Å². The third kappa shape index (κ3) is 15.2. The second-order valence-corrected chi connectivity index (χ2v) is 10.5. The third-order valence-electron chi connectivity index (χ3n) is 7.00. The average molecular weight is 612 g/mol. The predicted octanol–water partition coefficient (Wildman–Crippen LogP) is -2.88. The van der Waals surface area contributed by atoms with E-state index in [1.807, 2.05) is 29.2 Å². The fourth-order valence-electron chi connectivity index (χ4n) is 4.63. The maximum atomic E-state index is 12.9. The number of hydrogen-bond acceptors (Lipinski definition) is 12. The van der Waals surface area contributed by atoms with E-state index < -0.39 is 30.2 Å². The van der Waals surface area contributed by atoms with Gasteiger partial charge in [-0.1, -0.05) is 24.3 Å². The molecule has 1 aliphatic heterocycles. The molecule has 2 rings (SSSR count). The number of amides is 1. The quantitative estimate of drug-likeness (QED) is 0.0782. The molecule has 2 atom stereocenters. The summed E-state index contributed by atoms with van der Waals surface area (Å²) in [7, 11) is 1.39. The number of carboxylic acid groups (broad SMARTS) is 3. The maximum absolute atomic E-state index is 12.9. The molecule has 1 saturated heterocycles. The van der Waals surface area contributed by atoms with Crippen molar-refractivity contribution in [2.24, 2.45) is 5.73 Å². The number of rotatable bonds is 15. The Morgan fingerprint density at radius 2 is 1.12 bits per heavy atom. The van der Waals surface area contributed by atoms with Gasteiger partial charge in [0.15, 0.2) is 0 Å². The van der Waals surface area contributed by atoms with Crippen LogP contribution in [0.1, 0.15) is 11.1 Å². The first kappa shape index (κ1) is 36.0. The maximum Gasteiger partial charge on any atom is 0.317 e. The monoisotopic (exact) mass is 611 g/mol. The molecule has 242 valence electrons. The lowest BCUT2D eigenvalue weighted by Crippen LogP contribution is -2.49. The SMILES string of the molecule is CONC(O)C(N)Cc1ccc(CNC(=O)CN2CCN(CC(=O)O)CCN(CC(=O)O)CCN(CC(=O)O)CC2)cc1. The van der Waals surface area contributed by atoms with Crippen molar-refractivity contribution in [2.45, 2.75) is 25.2 Å². The van der Waals surface area contributed by atoms with Crippen LogP contribution in [-0.4, -0.2) is 162 Å². The fraction of sp³-hybridized carbons (Fsp3) is 0.630. The minimum absolute atomic E-state index is 0.0320. The molecule has 16 heteroatoms. The summed E-state index contributed by atoms with van der Waals surface area (Å²) in [5.74, 6) is -3.28. The number of aliphatic hydroxyl groups excluding tert-OH is 1. The van der Waals surface area contributed by atoms with Gasteiger partial charge in [0.1, 0.15) is 6.23 Å². The number of carboxylic acids is 3. The topological polar surface area (TPSA) is 221 Å². The molecule has 0 saturated carbocycles. The molecule has 16 nitrogen and oxygen atoms in total. The second-order valence-electron chi connectivity index (χ2n) is 10.5. The van der Waals surface area contributed by atoms with Gasteiger partial charge in [-0.3, -0.25) is 38.8 Å². The summed E-state index contributed by atoms with van der Waals surface area (Å²) >= 11 is 0. The van der Waals surface area contributed by atoms with Crippen LogP contribution in [-0.2, 0) is 37.0 Å². The van der Waals surface area contributed by atoms with Crippen molar-refractivity contribution in [3.05, 3.63) is 35.4 Å². The molecule has 1 aliphatic rings. The summed E-state index contributed by atoms with van der Waals surface area (Å²) in [6.07, 6.45) is -0.608. The molecule has 0 aromatic heterocycles. The van der Waals surface area contributed by atoms with Gasteiger partial charge in [-0.25, -0.2) is 0 Å². The number of nitrogens with two attached hydrogens (primary N) is 1. The minimum Gasteiger partial charge on any atom is -0.480 e. The van der Waals surface area contributed by atoms with Gasteiger partial charge in [0.2, 0.25) is 5.91 Å². The van der Waals surface area contributed by atoms with E-state index in [9.17, 15) is 39.6 Å². The Morgan fingerprint density at radius 1 is 0.744 bits per heavy atom. The molecular formula is C27H45N7O9. The van der Waals surface area contributed by atoms with E-state index in [0.29, 0.717) is 58.8 Å². The summed E-state index contributed by atoms with van der Waals surface area (Å²) in [6, 6.07) is 6.87. The lowest BCUT2D eigenvalue weighted by molar-refractivity contribution is -0.140. The average Bonchev–Trinajstić information content (AvgIpc) is 2.93. The number of carbonyl (C=O) groups is 4. The van der Waals surface area contributed by atoms with E-state index in [1.54, 1.807) is 14.7 Å². The Balaban J connectivity index is 2.00. The van der Waals surface area contributed by atoms with Gasteiger partial charge >= 0.3 is 17.9 Å². The van der Waals surface area contributed by atoms with Gasteiger partial charge in [-0.2, -0.15) is 5.48 Å². The van der Waals surface area contributed by atoms with Gasteiger partial charge in [0, 0.05) is 58.9 Å². The van der Waals surface area contributed by atoms with Crippen LogP contribution in [0.15, 0.2) is 24.3 Å². The van der Waals surface area contributed by atoms with E-state index >= 15 is 0 Å². The predicted molar refractivity (Wildman–Crippen MR) is 155 cm³/mol. The highest BCUT2D eigenvalue weighted by atomic mass is 16.7. The van der Waals surface area contributed by atoms with Crippen LogP contribution in [0, 0.1) is 0 Å². The first-order chi connectivity index (χ1) is 20.4. The molecule has 2 unspecified atom stereocenters. The van der Waals surface area contributed by atoms with Crippen molar-refractivity contribution in [1.29, 1.82) is 0 Å². The largest absolute Gasteiger partial charge is 0.480 e. The van der Waals surface area contributed by atoms with Gasteiger partial charge in [-0.15, -0.1) is 0 Å². The zero-order valence-electron chi connectivity index (χ0n) is 24.6. The van der Waals surface area contributed by atoms with Crippen molar-refractivity contribution >= 4 is 23.8 Å². The first-order valence-corrected chi connectivity index (χ1v) is 14.1. The Kier molecular flexibility index (Phi) is 16.0. The molecular weight excluding hydrogens is 566 g/mol. The number of nitrogens with zero attached hydrogens (tertiary/aromatic N) is 4. The normalized spacial score (nSPS) is 18.2. The molecule has 1 amide bonds. The first-order valence-electron chi connectivity index (χ1n) is 14.1. The molecule has 0 bridgehead atoms. The molecule has 0 spiro atoms. The number of carbonyl (C=O) groups excluding carboxylic acids is 1. The Labute approximate surface area is 250 Å². The van der Waals surface area contributed by atoms with Crippen LogP contribution in [0.2, 0.25) is 0 Å². The number of nitrogens with one attached hydrogen (secondary N) is 2. The third-order valence-corrected chi connectivity index (χ3v) is 7.00. The van der Waals surface area contributed by atoms with Crippen LogP contribution in [0.3, 0.4) is 0 Å². The molecule has 1 aromatic carbocycles. The molecule has 0 radical (unpaired) electrons. The van der Waals surface area contributed by atoms with E-state index in [-0.39, 0.29) is 38.6 Å². The van der Waals surface area contributed by atoms with Crippen molar-refractivity contribution in [1.82, 2.24) is 30.4 Å². The van der Waals surface area contributed by atoms with Gasteiger partial charge in [0.05, 0.1) is 39.3 Å². The van der Waals surface area contributed by atoms with Crippen molar-refractivity contribution in [3.8, 4) is 0 Å². The Hall–Kier alpha value is -3.22. The molecule has 43 heavy (non-hydrogen) atoms. The lowest BCUT2D eigenvalue weighted by Gasteiger charge is -2.32. The fourth-order valence-corrected chi connectivity index (χ4v) is 4.63. The molecule has 0 aliphatic carbocycles. The van der Waals surface area contributed by atoms with Crippen molar-refractivity contribution < 1.29 is 44.4 Å².